The number of carboxylic acids is 2. The molecule has 0 amide bonds. The maximum Gasteiger partial charge on any atom is 0.342 e. The number of carbonyl (C=O) groups is 2. The Morgan fingerprint density at radius 1 is 1.00 bits per heavy atom. The lowest BCUT2D eigenvalue weighted by Crippen LogP contribution is -2.24. The summed E-state index contributed by atoms with van der Waals surface area (Å²) in [6, 6.07) is 11.4. The van der Waals surface area contributed by atoms with Crippen LogP contribution < -0.4 is 20.8 Å². The number of hydrogen-bond donors (Lipinski definition) is 4. The lowest BCUT2D eigenvalue weighted by Gasteiger charge is -2.16. The summed E-state index contributed by atoms with van der Waals surface area (Å²) in [5.74, 6) is -2.95. The zero-order chi connectivity index (χ0) is 23.4. The molecule has 0 aliphatic rings. The molecule has 32 heavy (non-hydrogen) atoms. The zero-order valence-electron chi connectivity index (χ0n) is 16.8. The van der Waals surface area contributed by atoms with Gasteiger partial charge in [-0.25, -0.2) is 9.59 Å². The van der Waals surface area contributed by atoms with Gasteiger partial charge in [-0.3, -0.25) is 4.79 Å². The number of carboxylic acid groups (broad SMARTS) is 2. The predicted molar refractivity (Wildman–Crippen MR) is 118 cm³/mol. The third kappa shape index (κ3) is 4.68. The highest BCUT2D eigenvalue weighted by molar-refractivity contribution is 6.30. The number of ether oxygens (including phenoxy) is 2. The molecule has 0 spiro atoms. The third-order valence-corrected chi connectivity index (χ3v) is 4.76. The Kier molecular flexibility index (Phi) is 6.70. The number of H-pyrrole nitrogens is 1. The average molecular weight is 459 g/mol. The molecule has 0 aliphatic carbocycles. The van der Waals surface area contributed by atoms with Gasteiger partial charge in [-0.2, -0.15) is 0 Å². The molecule has 0 aliphatic heterocycles. The third-order valence-electron chi connectivity index (χ3n) is 4.51. The highest BCUT2D eigenvalue weighted by atomic mass is 35.5. The van der Waals surface area contributed by atoms with Gasteiger partial charge >= 0.3 is 11.9 Å². The van der Waals surface area contributed by atoms with Crippen LogP contribution >= 0.6 is 11.6 Å². The molecule has 0 saturated heterocycles. The molecular weight excluding hydrogens is 440 g/mol. The van der Waals surface area contributed by atoms with E-state index in [1.807, 2.05) is 0 Å². The van der Waals surface area contributed by atoms with Gasteiger partial charge in [-0.15, -0.1) is 0 Å². The first-order valence-corrected chi connectivity index (χ1v) is 9.77. The highest BCUT2D eigenvalue weighted by Gasteiger charge is 2.27. The number of nitrogens with one attached hydrogen (secondary N) is 1. The quantitative estimate of drug-likeness (QED) is 0.399. The van der Waals surface area contributed by atoms with Gasteiger partial charge in [0, 0.05) is 10.6 Å². The molecule has 0 radical (unpaired) electrons. The number of aromatic carboxylic acids is 2. The minimum Gasteiger partial charge on any atom is -0.490 e. The van der Waals surface area contributed by atoms with Crippen LogP contribution in [-0.4, -0.2) is 33.7 Å². The number of benzene rings is 2. The molecule has 0 bridgehead atoms. The fourth-order valence-corrected chi connectivity index (χ4v) is 3.25. The van der Waals surface area contributed by atoms with E-state index in [1.165, 1.54) is 18.2 Å². The summed E-state index contributed by atoms with van der Waals surface area (Å²) in [6.07, 6.45) is 0. The summed E-state index contributed by atoms with van der Waals surface area (Å²) in [5, 5.41) is 19.7. The van der Waals surface area contributed by atoms with Gasteiger partial charge in [0.05, 0.1) is 6.61 Å². The van der Waals surface area contributed by atoms with E-state index in [9.17, 15) is 24.6 Å². The molecule has 0 fully saturated rings. The second kappa shape index (κ2) is 9.44. The SMILES string of the molecule is CCOc1cc(-c2c(C(=O)O)c(N)[nH]c(=O)c2C(=O)O)ccc1OCc1ccc(Cl)cc1. The first-order valence-electron chi connectivity index (χ1n) is 9.39. The van der Waals surface area contributed by atoms with Crippen molar-refractivity contribution in [3.8, 4) is 22.6 Å². The lowest BCUT2D eigenvalue weighted by molar-refractivity contribution is 0.0695. The molecule has 3 aromatic rings. The standard InChI is InChI=1S/C22H19ClN2O7/c1-2-31-15-9-12(5-8-14(15)32-10-11-3-6-13(23)7-4-11)16-17(21(27)28)19(24)25-20(26)18(16)22(29)30/h3-9H,2,10H2,1H3,(H,27,28)(H,29,30)(H3,24,25,26). The monoisotopic (exact) mass is 458 g/mol. The lowest BCUT2D eigenvalue weighted by atomic mass is 9.95. The molecule has 1 aromatic heterocycles. The number of halogens is 1. The van der Waals surface area contributed by atoms with E-state index in [0.717, 1.165) is 5.56 Å². The first-order chi connectivity index (χ1) is 15.2. The Morgan fingerprint density at radius 3 is 2.25 bits per heavy atom. The van der Waals surface area contributed by atoms with Crippen LogP contribution in [-0.2, 0) is 6.61 Å². The van der Waals surface area contributed by atoms with Crippen molar-refractivity contribution in [3.05, 3.63) is 74.5 Å². The Bertz CT molecular complexity index is 1240. The molecule has 2 aromatic carbocycles. The Labute approximate surface area is 187 Å². The number of nitrogen functional groups attached to an aromatic ring is 1. The van der Waals surface area contributed by atoms with E-state index in [1.54, 1.807) is 31.2 Å². The number of aromatic amines is 1. The molecule has 5 N–H and O–H groups in total. The van der Waals surface area contributed by atoms with Gasteiger partial charge < -0.3 is 30.4 Å². The Hall–Kier alpha value is -3.98. The summed E-state index contributed by atoms with van der Waals surface area (Å²) in [6.45, 7) is 2.21. The second-order valence-electron chi connectivity index (χ2n) is 6.61. The van der Waals surface area contributed by atoms with Crippen LogP contribution in [0.25, 0.3) is 11.1 Å². The number of anilines is 1. The molecule has 3 rings (SSSR count). The van der Waals surface area contributed by atoms with Crippen molar-refractivity contribution in [3.63, 3.8) is 0 Å². The number of aromatic nitrogens is 1. The zero-order valence-corrected chi connectivity index (χ0v) is 17.6. The van der Waals surface area contributed by atoms with Crippen LogP contribution in [0.3, 0.4) is 0 Å². The number of rotatable bonds is 8. The van der Waals surface area contributed by atoms with E-state index in [4.69, 9.17) is 26.8 Å². The van der Waals surface area contributed by atoms with Crippen LogP contribution in [0.5, 0.6) is 11.5 Å². The van der Waals surface area contributed by atoms with E-state index in [0.29, 0.717) is 10.8 Å². The van der Waals surface area contributed by atoms with Crippen LogP contribution in [0.15, 0.2) is 47.3 Å². The molecule has 10 heteroatoms. The molecule has 0 atom stereocenters. The van der Waals surface area contributed by atoms with Crippen LogP contribution in [0.2, 0.25) is 5.02 Å². The molecular formula is C22H19ClN2O7. The van der Waals surface area contributed by atoms with Gasteiger partial charge in [0.25, 0.3) is 5.56 Å². The van der Waals surface area contributed by atoms with E-state index in [2.05, 4.69) is 4.98 Å². The van der Waals surface area contributed by atoms with E-state index in [-0.39, 0.29) is 30.1 Å². The minimum atomic E-state index is -1.59. The van der Waals surface area contributed by atoms with Crippen molar-refractivity contribution in [2.45, 2.75) is 13.5 Å². The largest absolute Gasteiger partial charge is 0.490 e. The summed E-state index contributed by atoms with van der Waals surface area (Å²) in [7, 11) is 0. The maximum atomic E-state index is 12.2. The Morgan fingerprint density at radius 2 is 1.66 bits per heavy atom. The van der Waals surface area contributed by atoms with Gasteiger partial charge in [0.1, 0.15) is 23.6 Å². The van der Waals surface area contributed by atoms with Crippen molar-refractivity contribution in [2.24, 2.45) is 0 Å². The summed E-state index contributed by atoms with van der Waals surface area (Å²) < 4.78 is 11.4. The second-order valence-corrected chi connectivity index (χ2v) is 7.05. The normalized spacial score (nSPS) is 10.6. The summed E-state index contributed by atoms with van der Waals surface area (Å²) in [5.41, 5.74) is 4.05. The van der Waals surface area contributed by atoms with Gasteiger partial charge in [0.15, 0.2) is 11.5 Å². The minimum absolute atomic E-state index is 0.125. The van der Waals surface area contributed by atoms with E-state index >= 15 is 0 Å². The van der Waals surface area contributed by atoms with E-state index < -0.39 is 34.4 Å². The average Bonchev–Trinajstić information content (AvgIpc) is 2.73. The number of nitrogens with two attached hydrogens (primary N) is 1. The van der Waals surface area contributed by atoms with Crippen molar-refractivity contribution in [1.82, 2.24) is 4.98 Å². The fraction of sp³-hybridized carbons (Fsp3) is 0.136. The summed E-state index contributed by atoms with van der Waals surface area (Å²) in [4.78, 5) is 37.9. The first kappa shape index (κ1) is 22.7. The number of pyridine rings is 1. The number of hydrogen-bond acceptors (Lipinski definition) is 6. The van der Waals surface area contributed by atoms with Gasteiger partial charge in [-0.1, -0.05) is 29.8 Å². The summed E-state index contributed by atoms with van der Waals surface area (Å²) >= 11 is 5.89. The topological polar surface area (TPSA) is 152 Å². The Balaban J connectivity index is 2.10. The van der Waals surface area contributed by atoms with Crippen molar-refractivity contribution < 1.29 is 29.3 Å². The van der Waals surface area contributed by atoms with Gasteiger partial charge in [-0.05, 0) is 42.3 Å². The molecule has 0 unspecified atom stereocenters. The molecule has 0 saturated carbocycles. The van der Waals surface area contributed by atoms with Crippen molar-refractivity contribution in [1.29, 1.82) is 0 Å². The highest BCUT2D eigenvalue weighted by Crippen LogP contribution is 2.36. The van der Waals surface area contributed by atoms with Crippen LogP contribution in [0.4, 0.5) is 5.82 Å². The van der Waals surface area contributed by atoms with Crippen LogP contribution in [0.1, 0.15) is 33.2 Å². The predicted octanol–water partition coefficient (Wildman–Crippen LogP) is 3.65. The van der Waals surface area contributed by atoms with Gasteiger partial charge in [0.2, 0.25) is 0 Å². The smallest absolute Gasteiger partial charge is 0.342 e. The molecule has 1 heterocycles. The van der Waals surface area contributed by atoms with Crippen molar-refractivity contribution >= 4 is 29.4 Å². The maximum absolute atomic E-state index is 12.2. The fourth-order valence-electron chi connectivity index (χ4n) is 3.13. The van der Waals surface area contributed by atoms with Crippen molar-refractivity contribution in [2.75, 3.05) is 12.3 Å². The van der Waals surface area contributed by atoms with Crippen LogP contribution in [0, 0.1) is 0 Å². The molecule has 9 nitrogen and oxygen atoms in total. The molecule has 166 valence electrons.